The second-order valence-corrected chi connectivity index (χ2v) is 6.35. The molecule has 6 heteroatoms. The summed E-state index contributed by atoms with van der Waals surface area (Å²) in [7, 11) is 1.89. The molecule has 0 N–H and O–H groups in total. The zero-order valence-electron chi connectivity index (χ0n) is 12.7. The average molecular weight is 382 g/mol. The Labute approximate surface area is 145 Å². The van der Waals surface area contributed by atoms with Crippen LogP contribution in [-0.2, 0) is 7.05 Å². The second kappa shape index (κ2) is 5.72. The van der Waals surface area contributed by atoms with Gasteiger partial charge in [0.25, 0.3) is 5.89 Å². The smallest absolute Gasteiger partial charge is 0.263 e. The molecule has 2 aromatic carbocycles. The van der Waals surface area contributed by atoms with Crippen LogP contribution in [0.1, 0.15) is 0 Å². The lowest BCUT2D eigenvalue weighted by molar-refractivity contribution is 0.432. The van der Waals surface area contributed by atoms with Crippen LogP contribution in [0.5, 0.6) is 0 Å². The highest BCUT2D eigenvalue weighted by Gasteiger charge is 2.16. The van der Waals surface area contributed by atoms with E-state index in [1.807, 2.05) is 54.1 Å². The molecule has 2 aromatic heterocycles. The van der Waals surface area contributed by atoms with Gasteiger partial charge in [0.05, 0.1) is 5.52 Å². The van der Waals surface area contributed by atoms with Gasteiger partial charge in [-0.3, -0.25) is 4.79 Å². The van der Waals surface area contributed by atoms with Crippen molar-refractivity contribution in [1.29, 1.82) is 0 Å². The number of rotatable bonds is 2. The van der Waals surface area contributed by atoms with Crippen molar-refractivity contribution in [2.75, 3.05) is 0 Å². The average Bonchev–Trinajstić information content (AvgIpc) is 3.08. The molecule has 0 spiro atoms. The van der Waals surface area contributed by atoms with Crippen molar-refractivity contribution < 1.29 is 4.52 Å². The van der Waals surface area contributed by atoms with Crippen LogP contribution in [0, 0.1) is 0 Å². The molecule has 0 aliphatic rings. The third-order valence-electron chi connectivity index (χ3n) is 3.84. The largest absolute Gasteiger partial charge is 0.350 e. The molecule has 4 rings (SSSR count). The number of hydrogen-bond donors (Lipinski definition) is 0. The van der Waals surface area contributed by atoms with Crippen molar-refractivity contribution in [2.24, 2.45) is 7.05 Å². The van der Waals surface area contributed by atoms with Gasteiger partial charge >= 0.3 is 0 Å². The fraction of sp³-hybridized carbons (Fsp3) is 0.0556. The molecule has 0 bridgehead atoms. The van der Waals surface area contributed by atoms with Crippen molar-refractivity contribution in [2.45, 2.75) is 0 Å². The van der Waals surface area contributed by atoms with Crippen LogP contribution in [0.4, 0.5) is 0 Å². The standard InChI is InChI=1S/C18H12BrN3O2/c1-22-10-14(16(23)13-7-2-3-8-15(13)22)18-20-17(21-24-18)11-5-4-6-12(19)9-11/h2-10H,1H3. The number of benzene rings is 2. The molecule has 0 atom stereocenters. The zero-order valence-corrected chi connectivity index (χ0v) is 14.3. The lowest BCUT2D eigenvalue weighted by Gasteiger charge is -2.06. The first-order valence-corrected chi connectivity index (χ1v) is 8.11. The minimum atomic E-state index is -0.117. The first-order chi connectivity index (χ1) is 11.6. The van der Waals surface area contributed by atoms with E-state index in [0.29, 0.717) is 16.8 Å². The Morgan fingerprint density at radius 2 is 1.96 bits per heavy atom. The SMILES string of the molecule is Cn1cc(-c2nc(-c3cccc(Br)c3)no2)c(=O)c2ccccc21. The van der Waals surface area contributed by atoms with Crippen molar-refractivity contribution in [1.82, 2.24) is 14.7 Å². The highest BCUT2D eigenvalue weighted by molar-refractivity contribution is 9.10. The van der Waals surface area contributed by atoms with E-state index in [9.17, 15) is 4.79 Å². The zero-order chi connectivity index (χ0) is 16.7. The van der Waals surface area contributed by atoms with Crippen LogP contribution in [0.25, 0.3) is 33.7 Å². The molecule has 0 aliphatic heterocycles. The van der Waals surface area contributed by atoms with Gasteiger partial charge in [0.1, 0.15) is 5.56 Å². The number of hydrogen-bond acceptors (Lipinski definition) is 4. The molecule has 0 saturated carbocycles. The maximum absolute atomic E-state index is 12.7. The Morgan fingerprint density at radius 3 is 2.79 bits per heavy atom. The van der Waals surface area contributed by atoms with E-state index in [-0.39, 0.29) is 11.3 Å². The Kier molecular flexibility index (Phi) is 3.54. The van der Waals surface area contributed by atoms with Crippen LogP contribution < -0.4 is 5.43 Å². The lowest BCUT2D eigenvalue weighted by atomic mass is 10.1. The number of aryl methyl sites for hydroxylation is 1. The predicted octanol–water partition coefficient (Wildman–Crippen LogP) is 4.02. The van der Waals surface area contributed by atoms with Crippen molar-refractivity contribution in [3.63, 3.8) is 0 Å². The van der Waals surface area contributed by atoms with Crippen molar-refractivity contribution in [3.05, 3.63) is 69.4 Å². The molecular formula is C18H12BrN3O2. The molecule has 0 aliphatic carbocycles. The molecule has 0 amide bonds. The number of halogens is 1. The van der Waals surface area contributed by atoms with E-state index in [0.717, 1.165) is 15.6 Å². The Bertz CT molecular complexity index is 1110. The first-order valence-electron chi connectivity index (χ1n) is 7.32. The van der Waals surface area contributed by atoms with Gasteiger partial charge in [-0.25, -0.2) is 0 Å². The first kappa shape index (κ1) is 14.8. The summed E-state index contributed by atoms with van der Waals surface area (Å²) >= 11 is 3.42. The van der Waals surface area contributed by atoms with E-state index < -0.39 is 0 Å². The third-order valence-corrected chi connectivity index (χ3v) is 4.33. The highest BCUT2D eigenvalue weighted by atomic mass is 79.9. The minimum Gasteiger partial charge on any atom is -0.350 e. The van der Waals surface area contributed by atoms with Gasteiger partial charge in [0.2, 0.25) is 11.3 Å². The van der Waals surface area contributed by atoms with E-state index in [2.05, 4.69) is 26.1 Å². The van der Waals surface area contributed by atoms with Crippen LogP contribution >= 0.6 is 15.9 Å². The highest BCUT2D eigenvalue weighted by Crippen LogP contribution is 2.24. The van der Waals surface area contributed by atoms with Gasteiger partial charge in [0.15, 0.2) is 0 Å². The van der Waals surface area contributed by atoms with Gasteiger partial charge in [-0.05, 0) is 24.3 Å². The topological polar surface area (TPSA) is 60.9 Å². The molecule has 0 fully saturated rings. The molecule has 2 heterocycles. The van der Waals surface area contributed by atoms with Gasteiger partial charge < -0.3 is 9.09 Å². The van der Waals surface area contributed by atoms with E-state index in [1.54, 1.807) is 12.3 Å². The van der Waals surface area contributed by atoms with Gasteiger partial charge in [-0.2, -0.15) is 4.98 Å². The Hall–Kier alpha value is -2.73. The Balaban J connectivity index is 1.87. The molecule has 0 radical (unpaired) electrons. The maximum atomic E-state index is 12.7. The van der Waals surface area contributed by atoms with Crippen LogP contribution in [-0.4, -0.2) is 14.7 Å². The van der Waals surface area contributed by atoms with Gasteiger partial charge in [-0.1, -0.05) is 45.4 Å². The maximum Gasteiger partial charge on any atom is 0.263 e. The molecule has 118 valence electrons. The monoisotopic (exact) mass is 381 g/mol. The molecule has 24 heavy (non-hydrogen) atoms. The summed E-state index contributed by atoms with van der Waals surface area (Å²) in [5.41, 5.74) is 1.95. The summed E-state index contributed by atoms with van der Waals surface area (Å²) in [5, 5.41) is 4.62. The molecule has 0 saturated heterocycles. The molecule has 4 aromatic rings. The summed E-state index contributed by atoms with van der Waals surface area (Å²) in [6.45, 7) is 0. The fourth-order valence-corrected chi connectivity index (χ4v) is 3.07. The number of pyridine rings is 1. The molecular weight excluding hydrogens is 370 g/mol. The van der Waals surface area contributed by atoms with Crippen LogP contribution in [0.3, 0.4) is 0 Å². The quantitative estimate of drug-likeness (QED) is 0.526. The molecule has 5 nitrogen and oxygen atoms in total. The van der Waals surface area contributed by atoms with Gasteiger partial charge in [-0.15, -0.1) is 0 Å². The second-order valence-electron chi connectivity index (χ2n) is 5.43. The number of fused-ring (bicyclic) bond motifs is 1. The summed E-state index contributed by atoms with van der Waals surface area (Å²) in [6, 6.07) is 15.0. The van der Waals surface area contributed by atoms with E-state index in [4.69, 9.17) is 4.52 Å². The van der Waals surface area contributed by atoms with E-state index in [1.165, 1.54) is 0 Å². The number of aromatic nitrogens is 3. The Morgan fingerprint density at radius 1 is 1.12 bits per heavy atom. The fourth-order valence-electron chi connectivity index (χ4n) is 2.67. The summed E-state index contributed by atoms with van der Waals surface area (Å²) in [4.78, 5) is 17.1. The van der Waals surface area contributed by atoms with Gasteiger partial charge in [0, 0.05) is 28.7 Å². The normalized spacial score (nSPS) is 11.1. The van der Waals surface area contributed by atoms with Crippen molar-refractivity contribution in [3.8, 4) is 22.8 Å². The summed E-state index contributed by atoms with van der Waals surface area (Å²) in [6.07, 6.45) is 1.73. The number of para-hydroxylation sites is 1. The van der Waals surface area contributed by atoms with E-state index >= 15 is 0 Å². The molecule has 0 unspecified atom stereocenters. The predicted molar refractivity (Wildman–Crippen MR) is 95.6 cm³/mol. The third kappa shape index (κ3) is 2.45. The number of nitrogens with zero attached hydrogens (tertiary/aromatic N) is 3. The van der Waals surface area contributed by atoms with Crippen molar-refractivity contribution >= 4 is 26.8 Å². The lowest BCUT2D eigenvalue weighted by Crippen LogP contribution is -2.10. The summed E-state index contributed by atoms with van der Waals surface area (Å²) < 4.78 is 8.15. The van der Waals surface area contributed by atoms with Crippen LogP contribution in [0.2, 0.25) is 0 Å². The van der Waals surface area contributed by atoms with Crippen LogP contribution in [0.15, 0.2) is 68.5 Å². The summed E-state index contributed by atoms with van der Waals surface area (Å²) in [5.74, 6) is 0.665. The minimum absolute atomic E-state index is 0.117.